The van der Waals surface area contributed by atoms with Crippen molar-refractivity contribution in [1.29, 1.82) is 0 Å². The Hall–Kier alpha value is 0.0900. The number of hydrogen-bond acceptors (Lipinski definition) is 3. The first-order valence-electron chi connectivity index (χ1n) is 17.6. The highest BCUT2D eigenvalue weighted by molar-refractivity contribution is 14.1. The number of carbonyl (C=O) groups excluding carboxylic acids is 2. The zero-order chi connectivity index (χ0) is 32.5. The van der Waals surface area contributed by atoms with Crippen LogP contribution in [0.5, 0.6) is 0 Å². The first kappa shape index (κ1) is 36.4. The van der Waals surface area contributed by atoms with Crippen LogP contribution in [-0.4, -0.2) is 24.5 Å². The van der Waals surface area contributed by atoms with E-state index in [1.54, 1.807) is 5.57 Å². The van der Waals surface area contributed by atoms with Crippen LogP contribution in [0.2, 0.25) is 0 Å². The molecule has 1 amide bonds. The van der Waals surface area contributed by atoms with E-state index in [-0.39, 0.29) is 23.4 Å². The Balaban J connectivity index is 1.11. The van der Waals surface area contributed by atoms with Crippen LogP contribution in [0.15, 0.2) is 23.8 Å². The van der Waals surface area contributed by atoms with Gasteiger partial charge in [-0.1, -0.05) is 65.5 Å². The molecule has 0 aliphatic heterocycles. The molecular weight excluding hydrogens is 899 g/mol. The molecule has 3 fully saturated rings. The molecule has 0 bridgehead atoms. The predicted octanol–water partition coefficient (Wildman–Crippen LogP) is 11.0. The lowest BCUT2D eigenvalue weighted by atomic mass is 9.47. The lowest BCUT2D eigenvalue weighted by molar-refractivity contribution is -0.151. The molecule has 1 aromatic rings. The van der Waals surface area contributed by atoms with Crippen LogP contribution in [0.3, 0.4) is 0 Å². The highest BCUT2D eigenvalue weighted by atomic mass is 127. The predicted molar refractivity (Wildman–Crippen MR) is 209 cm³/mol. The monoisotopic (exact) mass is 953 g/mol. The number of ether oxygens (including phenoxy) is 1. The first-order valence-corrected chi connectivity index (χ1v) is 20.9. The molecule has 250 valence electrons. The van der Waals surface area contributed by atoms with Gasteiger partial charge in [-0.15, -0.1) is 0 Å². The molecule has 45 heavy (non-hydrogen) atoms. The third-order valence-electron chi connectivity index (χ3n) is 12.7. The second-order valence-electron chi connectivity index (χ2n) is 15.8. The Morgan fingerprint density at radius 2 is 1.69 bits per heavy atom. The highest BCUT2D eigenvalue weighted by Gasteiger charge is 2.59. The Kier molecular flexibility index (Phi) is 12.4. The van der Waals surface area contributed by atoms with E-state index in [0.29, 0.717) is 30.4 Å². The van der Waals surface area contributed by atoms with Gasteiger partial charge in [0.05, 0.1) is 5.56 Å². The SMILES string of the molecule is CC(C)CCC[C@@H](C)[C@H]1CC[C@H]2[C@@H]3CC=C4C[C@@H](OC(=O)CCCNC(=O)c5cc(I)c(I)cc5I)CC[C@]4(C)[C@H]3CC[C@]12C. The van der Waals surface area contributed by atoms with E-state index in [1.807, 2.05) is 12.1 Å². The Morgan fingerprint density at radius 3 is 2.44 bits per heavy atom. The molecule has 0 unspecified atom stereocenters. The van der Waals surface area contributed by atoms with Gasteiger partial charge in [0.15, 0.2) is 0 Å². The van der Waals surface area contributed by atoms with Crippen LogP contribution >= 0.6 is 67.8 Å². The van der Waals surface area contributed by atoms with Gasteiger partial charge >= 0.3 is 5.97 Å². The maximum absolute atomic E-state index is 12.8. The summed E-state index contributed by atoms with van der Waals surface area (Å²) < 4.78 is 9.20. The minimum atomic E-state index is -0.126. The number of hydrogen-bond donors (Lipinski definition) is 1. The van der Waals surface area contributed by atoms with Crippen molar-refractivity contribution in [2.45, 2.75) is 124 Å². The Morgan fingerprint density at radius 1 is 0.933 bits per heavy atom. The molecule has 8 atom stereocenters. The summed E-state index contributed by atoms with van der Waals surface area (Å²) in [5, 5.41) is 2.99. The molecule has 4 nitrogen and oxygen atoms in total. The van der Waals surface area contributed by atoms with E-state index >= 15 is 0 Å². The molecule has 4 aliphatic rings. The highest BCUT2D eigenvalue weighted by Crippen LogP contribution is 2.67. The van der Waals surface area contributed by atoms with E-state index in [1.165, 1.54) is 51.4 Å². The van der Waals surface area contributed by atoms with Crippen LogP contribution in [0.4, 0.5) is 0 Å². The maximum Gasteiger partial charge on any atom is 0.306 e. The summed E-state index contributed by atoms with van der Waals surface area (Å²) in [6, 6.07) is 3.96. The number of carbonyl (C=O) groups is 2. The minimum Gasteiger partial charge on any atom is -0.462 e. The number of nitrogens with one attached hydrogen (secondary N) is 1. The number of allylic oxidation sites excluding steroid dienone is 1. The quantitative estimate of drug-likeness (QED) is 0.0791. The van der Waals surface area contributed by atoms with Crippen molar-refractivity contribution in [3.05, 3.63) is 40.1 Å². The lowest BCUT2D eigenvalue weighted by Gasteiger charge is -2.58. The smallest absolute Gasteiger partial charge is 0.306 e. The van der Waals surface area contributed by atoms with Crippen molar-refractivity contribution in [2.75, 3.05) is 6.54 Å². The number of rotatable bonds is 11. The van der Waals surface area contributed by atoms with Crippen LogP contribution in [-0.2, 0) is 9.53 Å². The molecule has 0 saturated heterocycles. The van der Waals surface area contributed by atoms with Crippen LogP contribution in [0.1, 0.15) is 128 Å². The van der Waals surface area contributed by atoms with Crippen LogP contribution in [0.25, 0.3) is 0 Å². The number of benzene rings is 1. The summed E-state index contributed by atoms with van der Waals surface area (Å²) in [6.45, 7) is 13.0. The van der Waals surface area contributed by atoms with Crippen molar-refractivity contribution < 1.29 is 14.3 Å². The van der Waals surface area contributed by atoms with E-state index in [0.717, 1.165) is 65.5 Å². The largest absolute Gasteiger partial charge is 0.462 e. The molecule has 1 N–H and O–H groups in total. The Labute approximate surface area is 313 Å². The summed E-state index contributed by atoms with van der Waals surface area (Å²) in [4.78, 5) is 25.5. The van der Waals surface area contributed by atoms with E-state index in [9.17, 15) is 9.59 Å². The van der Waals surface area contributed by atoms with Gasteiger partial charge in [0.25, 0.3) is 5.91 Å². The Bertz CT molecular complexity index is 1280. The molecule has 3 saturated carbocycles. The standard InChI is InChI=1S/C38H54I3NO3/c1-23(2)8-6-9-24(3)29-13-14-30-27-12-11-25-20-26(15-17-37(25,4)31(27)16-18-38(29,30)5)45-35(43)10-7-19-42-36(44)28-21-33(40)34(41)22-32(28)39/h11,21-24,26-27,29-31H,6-10,12-20H2,1-5H3,(H,42,44)/t24-,26+,27+,29-,30+,31+,37+,38-/m1/s1. The number of halogens is 3. The second kappa shape index (κ2) is 15.3. The average Bonchev–Trinajstić information content (AvgIpc) is 3.34. The van der Waals surface area contributed by atoms with Crippen molar-refractivity contribution in [3.63, 3.8) is 0 Å². The second-order valence-corrected chi connectivity index (χ2v) is 19.2. The van der Waals surface area contributed by atoms with Crippen molar-refractivity contribution in [1.82, 2.24) is 5.32 Å². The van der Waals surface area contributed by atoms with Crippen molar-refractivity contribution >= 4 is 79.6 Å². The summed E-state index contributed by atoms with van der Waals surface area (Å²) in [5.74, 6) is 4.84. The summed E-state index contributed by atoms with van der Waals surface area (Å²) in [6.07, 6.45) is 17.6. The topological polar surface area (TPSA) is 55.4 Å². The zero-order valence-electron chi connectivity index (χ0n) is 28.0. The zero-order valence-corrected chi connectivity index (χ0v) is 34.5. The normalized spacial score (nSPS) is 33.1. The molecule has 4 aliphatic carbocycles. The van der Waals surface area contributed by atoms with Crippen LogP contribution in [0, 0.1) is 57.0 Å². The molecule has 0 aromatic heterocycles. The molecule has 1 aromatic carbocycles. The summed E-state index contributed by atoms with van der Waals surface area (Å²) in [7, 11) is 0. The average molecular weight is 954 g/mol. The number of esters is 1. The van der Waals surface area contributed by atoms with Gasteiger partial charge in [0.1, 0.15) is 6.10 Å². The molecule has 5 rings (SSSR count). The number of fused-ring (bicyclic) bond motifs is 5. The maximum atomic E-state index is 12.8. The fourth-order valence-corrected chi connectivity index (χ4v) is 12.5. The van der Waals surface area contributed by atoms with E-state index in [4.69, 9.17) is 4.74 Å². The third-order valence-corrected chi connectivity index (χ3v) is 16.4. The fourth-order valence-electron chi connectivity index (χ4n) is 10.2. The van der Waals surface area contributed by atoms with Gasteiger partial charge in [-0.05, 0) is 178 Å². The summed E-state index contributed by atoms with van der Waals surface area (Å²) >= 11 is 6.76. The molecular formula is C38H54I3NO3. The minimum absolute atomic E-state index is 0.00480. The first-order chi connectivity index (χ1) is 21.3. The molecule has 0 heterocycles. The van der Waals surface area contributed by atoms with E-state index < -0.39 is 0 Å². The molecule has 0 radical (unpaired) electrons. The van der Waals surface area contributed by atoms with Gasteiger partial charge in [-0.25, -0.2) is 0 Å². The van der Waals surface area contributed by atoms with Crippen molar-refractivity contribution in [2.24, 2.45) is 46.3 Å². The van der Waals surface area contributed by atoms with Crippen molar-refractivity contribution in [3.8, 4) is 0 Å². The van der Waals surface area contributed by atoms with Gasteiger partial charge < -0.3 is 10.1 Å². The number of amides is 1. The molecule has 0 spiro atoms. The van der Waals surface area contributed by atoms with Gasteiger partial charge in [0.2, 0.25) is 0 Å². The summed E-state index contributed by atoms with van der Waals surface area (Å²) in [5.41, 5.74) is 3.05. The van der Waals surface area contributed by atoms with Crippen LogP contribution < -0.4 is 5.32 Å². The van der Waals surface area contributed by atoms with Gasteiger partial charge in [-0.3, -0.25) is 9.59 Å². The lowest BCUT2D eigenvalue weighted by Crippen LogP contribution is -2.51. The molecule has 7 heteroatoms. The van der Waals surface area contributed by atoms with Gasteiger partial charge in [-0.2, -0.15) is 0 Å². The van der Waals surface area contributed by atoms with E-state index in [2.05, 4.69) is 114 Å². The third kappa shape index (κ3) is 7.95. The van der Waals surface area contributed by atoms with Gasteiger partial charge in [0, 0.05) is 30.1 Å². The fraction of sp³-hybridized carbons (Fsp3) is 0.737.